The van der Waals surface area contributed by atoms with Crippen LogP contribution in [0.2, 0.25) is 0 Å². The van der Waals surface area contributed by atoms with Crippen molar-refractivity contribution in [2.75, 3.05) is 26.1 Å². The van der Waals surface area contributed by atoms with Crippen LogP contribution >= 0.6 is 15.9 Å². The standard InChI is InChI=1S/C18H18BrNO5/c1-23-14-7-8-15(16(10-14)24-2)20-17(21)11-25-18(22)9-12-3-5-13(19)6-4-12/h3-8,10H,9,11H2,1-2H3,(H,20,21). The number of hydrogen-bond acceptors (Lipinski definition) is 5. The van der Waals surface area contributed by atoms with Gasteiger partial charge < -0.3 is 19.5 Å². The summed E-state index contributed by atoms with van der Waals surface area (Å²) in [5, 5.41) is 2.64. The average molecular weight is 408 g/mol. The number of ether oxygens (including phenoxy) is 3. The number of carbonyl (C=O) groups excluding carboxylic acids is 2. The quantitative estimate of drug-likeness (QED) is 0.713. The molecule has 1 N–H and O–H groups in total. The molecule has 0 spiro atoms. The Morgan fingerprint density at radius 2 is 1.76 bits per heavy atom. The molecule has 0 saturated heterocycles. The van der Waals surface area contributed by atoms with E-state index >= 15 is 0 Å². The van der Waals surface area contributed by atoms with E-state index in [1.807, 2.05) is 24.3 Å². The first kappa shape index (κ1) is 18.8. The van der Waals surface area contributed by atoms with Crippen LogP contribution in [0.15, 0.2) is 46.9 Å². The minimum Gasteiger partial charge on any atom is -0.497 e. The summed E-state index contributed by atoms with van der Waals surface area (Å²) in [4.78, 5) is 23.8. The van der Waals surface area contributed by atoms with Crippen LogP contribution in [-0.2, 0) is 20.7 Å². The fraction of sp³-hybridized carbons (Fsp3) is 0.222. The molecule has 0 heterocycles. The van der Waals surface area contributed by atoms with Gasteiger partial charge in [0.05, 0.1) is 26.3 Å². The molecule has 0 bridgehead atoms. The zero-order valence-corrected chi connectivity index (χ0v) is 15.5. The first-order valence-corrected chi connectivity index (χ1v) is 8.23. The van der Waals surface area contributed by atoms with E-state index in [2.05, 4.69) is 21.2 Å². The molecule has 0 aliphatic heterocycles. The maximum atomic E-state index is 12.0. The lowest BCUT2D eigenvalue weighted by Gasteiger charge is -2.11. The second-order valence-electron chi connectivity index (χ2n) is 5.08. The fourth-order valence-corrected chi connectivity index (χ4v) is 2.32. The van der Waals surface area contributed by atoms with Crippen LogP contribution in [0, 0.1) is 0 Å². The van der Waals surface area contributed by atoms with Crippen molar-refractivity contribution in [3.05, 3.63) is 52.5 Å². The molecule has 0 atom stereocenters. The van der Waals surface area contributed by atoms with Gasteiger partial charge in [-0.25, -0.2) is 0 Å². The second kappa shape index (κ2) is 9.08. The van der Waals surface area contributed by atoms with Crippen LogP contribution < -0.4 is 14.8 Å². The minimum atomic E-state index is -0.473. The molecule has 0 aliphatic rings. The molecule has 0 aliphatic carbocycles. The molecule has 0 fully saturated rings. The first-order valence-electron chi connectivity index (χ1n) is 7.43. The summed E-state index contributed by atoms with van der Waals surface area (Å²) in [5.41, 5.74) is 1.28. The molecule has 0 aromatic heterocycles. The number of methoxy groups -OCH3 is 2. The summed E-state index contributed by atoms with van der Waals surface area (Å²) in [7, 11) is 3.03. The summed E-state index contributed by atoms with van der Waals surface area (Å²) < 4.78 is 16.2. The largest absolute Gasteiger partial charge is 0.497 e. The van der Waals surface area contributed by atoms with Gasteiger partial charge in [-0.1, -0.05) is 28.1 Å². The number of rotatable bonds is 7. The summed E-state index contributed by atoms with van der Waals surface area (Å²) in [5.74, 6) is 0.136. The second-order valence-corrected chi connectivity index (χ2v) is 5.99. The number of benzene rings is 2. The molecule has 1 amide bonds. The third-order valence-electron chi connectivity index (χ3n) is 3.31. The Morgan fingerprint density at radius 3 is 2.40 bits per heavy atom. The van der Waals surface area contributed by atoms with Crippen molar-refractivity contribution >= 4 is 33.5 Å². The molecule has 2 aromatic rings. The maximum absolute atomic E-state index is 12.0. The summed E-state index contributed by atoms with van der Waals surface area (Å²) in [6, 6.07) is 12.3. The number of hydrogen-bond donors (Lipinski definition) is 1. The van der Waals surface area contributed by atoms with Gasteiger partial charge in [0.2, 0.25) is 0 Å². The molecular weight excluding hydrogens is 390 g/mol. The van der Waals surface area contributed by atoms with Crippen molar-refractivity contribution < 1.29 is 23.8 Å². The lowest BCUT2D eigenvalue weighted by molar-refractivity contribution is -0.146. The van der Waals surface area contributed by atoms with Crippen molar-refractivity contribution in [2.45, 2.75) is 6.42 Å². The van der Waals surface area contributed by atoms with E-state index in [-0.39, 0.29) is 13.0 Å². The van der Waals surface area contributed by atoms with Crippen molar-refractivity contribution in [3.8, 4) is 11.5 Å². The van der Waals surface area contributed by atoms with E-state index in [1.54, 1.807) is 18.2 Å². The Balaban J connectivity index is 1.86. The van der Waals surface area contributed by atoms with Crippen LogP contribution in [0.1, 0.15) is 5.56 Å². The SMILES string of the molecule is COc1ccc(NC(=O)COC(=O)Cc2ccc(Br)cc2)c(OC)c1. The number of carbonyl (C=O) groups is 2. The molecule has 6 nitrogen and oxygen atoms in total. The highest BCUT2D eigenvalue weighted by Gasteiger charge is 2.12. The Bertz CT molecular complexity index is 746. The summed E-state index contributed by atoms with van der Waals surface area (Å²) >= 11 is 3.33. The van der Waals surface area contributed by atoms with E-state index in [1.165, 1.54) is 14.2 Å². The highest BCUT2D eigenvalue weighted by atomic mass is 79.9. The van der Waals surface area contributed by atoms with Gasteiger partial charge >= 0.3 is 5.97 Å². The van der Waals surface area contributed by atoms with Crippen molar-refractivity contribution in [3.63, 3.8) is 0 Å². The van der Waals surface area contributed by atoms with Gasteiger partial charge in [0.1, 0.15) is 11.5 Å². The number of halogens is 1. The van der Waals surface area contributed by atoms with Gasteiger partial charge in [0.15, 0.2) is 6.61 Å². The molecule has 0 saturated carbocycles. The summed E-state index contributed by atoms with van der Waals surface area (Å²) in [6.45, 7) is -0.370. The lowest BCUT2D eigenvalue weighted by atomic mass is 10.2. The topological polar surface area (TPSA) is 73.9 Å². The smallest absolute Gasteiger partial charge is 0.310 e. The van der Waals surface area contributed by atoms with E-state index < -0.39 is 11.9 Å². The molecular formula is C18H18BrNO5. The van der Waals surface area contributed by atoms with Crippen LogP contribution in [0.5, 0.6) is 11.5 Å². The van der Waals surface area contributed by atoms with E-state index in [9.17, 15) is 9.59 Å². The predicted molar refractivity (Wildman–Crippen MR) is 97.0 cm³/mol. The summed E-state index contributed by atoms with van der Waals surface area (Å²) in [6.07, 6.45) is 0.104. The monoisotopic (exact) mass is 407 g/mol. The maximum Gasteiger partial charge on any atom is 0.310 e. The van der Waals surface area contributed by atoms with Crippen LogP contribution in [0.4, 0.5) is 5.69 Å². The molecule has 2 aromatic carbocycles. The number of nitrogens with one attached hydrogen (secondary N) is 1. The van der Waals surface area contributed by atoms with E-state index in [0.717, 1.165) is 10.0 Å². The number of anilines is 1. The highest BCUT2D eigenvalue weighted by molar-refractivity contribution is 9.10. The third kappa shape index (κ3) is 5.79. The number of amides is 1. The Morgan fingerprint density at radius 1 is 1.04 bits per heavy atom. The number of esters is 1. The Labute approximate surface area is 154 Å². The van der Waals surface area contributed by atoms with Gasteiger partial charge in [-0.15, -0.1) is 0 Å². The molecule has 2 rings (SSSR count). The zero-order valence-electron chi connectivity index (χ0n) is 13.9. The van der Waals surface area contributed by atoms with Crippen molar-refractivity contribution in [1.82, 2.24) is 0 Å². The van der Waals surface area contributed by atoms with Crippen molar-refractivity contribution in [2.24, 2.45) is 0 Å². The fourth-order valence-electron chi connectivity index (χ4n) is 2.05. The van der Waals surface area contributed by atoms with Gasteiger partial charge in [-0.2, -0.15) is 0 Å². The van der Waals surface area contributed by atoms with Crippen LogP contribution in [0.3, 0.4) is 0 Å². The normalized spacial score (nSPS) is 10.0. The molecule has 25 heavy (non-hydrogen) atoms. The van der Waals surface area contributed by atoms with Crippen LogP contribution in [0.25, 0.3) is 0 Å². The van der Waals surface area contributed by atoms with Gasteiger partial charge in [-0.3, -0.25) is 9.59 Å². The third-order valence-corrected chi connectivity index (χ3v) is 3.84. The highest BCUT2D eigenvalue weighted by Crippen LogP contribution is 2.28. The lowest BCUT2D eigenvalue weighted by Crippen LogP contribution is -2.21. The van der Waals surface area contributed by atoms with Gasteiger partial charge in [-0.05, 0) is 29.8 Å². The van der Waals surface area contributed by atoms with E-state index in [0.29, 0.717) is 17.2 Å². The zero-order chi connectivity index (χ0) is 18.2. The average Bonchev–Trinajstić information content (AvgIpc) is 2.62. The van der Waals surface area contributed by atoms with Gasteiger partial charge in [0.25, 0.3) is 5.91 Å². The predicted octanol–water partition coefficient (Wildman–Crippen LogP) is 3.19. The van der Waals surface area contributed by atoms with Crippen molar-refractivity contribution in [1.29, 1.82) is 0 Å². The molecule has 0 unspecified atom stereocenters. The molecule has 0 radical (unpaired) electrons. The molecule has 132 valence electrons. The Hall–Kier alpha value is -2.54. The van der Waals surface area contributed by atoms with Crippen LogP contribution in [-0.4, -0.2) is 32.7 Å². The van der Waals surface area contributed by atoms with Gasteiger partial charge in [0, 0.05) is 10.5 Å². The Kier molecular flexibility index (Phi) is 6.82. The molecule has 7 heteroatoms. The van der Waals surface area contributed by atoms with E-state index in [4.69, 9.17) is 14.2 Å². The minimum absolute atomic E-state index is 0.104. The first-order chi connectivity index (χ1) is 12.0.